The Bertz CT molecular complexity index is 1400. The number of aromatic nitrogens is 3. The molecule has 1 fully saturated rings. The molecule has 35 heavy (non-hydrogen) atoms. The topological polar surface area (TPSA) is 179 Å². The number of nitrogens with zero attached hydrogens (tertiary/aromatic N) is 5. The summed E-state index contributed by atoms with van der Waals surface area (Å²) in [6, 6.07) is 3.91. The molecule has 0 radical (unpaired) electrons. The number of hydrogen-bond donors (Lipinski definition) is 2. The highest BCUT2D eigenvalue weighted by Gasteiger charge is 2.38. The first kappa shape index (κ1) is 22.4. The number of hydrogen-bond acceptors (Lipinski definition) is 10. The molecule has 0 bridgehead atoms. The average Bonchev–Trinajstić information content (AvgIpc) is 3.40. The molecular weight excluding hydrogens is 452 g/mol. The summed E-state index contributed by atoms with van der Waals surface area (Å²) in [5, 5.41) is 15.1. The van der Waals surface area contributed by atoms with Gasteiger partial charge in [-0.3, -0.25) is 14.5 Å². The van der Waals surface area contributed by atoms with Gasteiger partial charge in [-0.15, -0.1) is 0 Å². The van der Waals surface area contributed by atoms with Crippen LogP contribution in [-0.4, -0.2) is 41.7 Å². The number of piperidine rings is 1. The van der Waals surface area contributed by atoms with Crippen molar-refractivity contribution in [2.24, 2.45) is 5.92 Å². The molecule has 5 N–H and O–H groups in total. The zero-order valence-corrected chi connectivity index (χ0v) is 19.4. The standard InChI is InChI=1S/C23H24N8O4/c1-3-34-23(33)12-4-6-30(7-5-12)21-14(10-24)17-13-9-16(32)31(15-8-11(2)35-29-15)22(13)28-20(26)18(17)19(25)27-21/h8,12H,3-7,9H2,1-2H3,(H2,25,27)(H2,26,28)/p+1. The molecule has 0 unspecified atom stereocenters. The predicted octanol–water partition coefficient (Wildman–Crippen LogP) is 1.38. The van der Waals surface area contributed by atoms with E-state index >= 15 is 0 Å². The van der Waals surface area contributed by atoms with Crippen molar-refractivity contribution < 1.29 is 23.8 Å². The minimum absolute atomic E-state index is 0.00747. The zero-order chi connectivity index (χ0) is 24.9. The second-order valence-corrected chi connectivity index (χ2v) is 8.64. The summed E-state index contributed by atoms with van der Waals surface area (Å²) < 4.78 is 10.3. The van der Waals surface area contributed by atoms with Gasteiger partial charge >= 0.3 is 5.97 Å². The highest BCUT2D eigenvalue weighted by molar-refractivity contribution is 6.14. The lowest BCUT2D eigenvalue weighted by atomic mass is 9.95. The number of fused-ring (bicyclic) bond motifs is 3. The first-order chi connectivity index (χ1) is 16.8. The maximum atomic E-state index is 13.0. The van der Waals surface area contributed by atoms with E-state index in [1.807, 2.05) is 4.90 Å². The summed E-state index contributed by atoms with van der Waals surface area (Å²) in [6.07, 6.45) is 1.18. The number of carbonyl (C=O) groups is 2. The van der Waals surface area contributed by atoms with Crippen molar-refractivity contribution in [2.45, 2.75) is 33.1 Å². The molecule has 3 aromatic rings. The Labute approximate surface area is 200 Å². The Morgan fingerprint density at radius 2 is 2.09 bits per heavy atom. The number of nitrogens with one attached hydrogen (secondary N) is 1. The van der Waals surface area contributed by atoms with Crippen LogP contribution in [0, 0.1) is 24.2 Å². The van der Waals surface area contributed by atoms with Crippen LogP contribution in [0.2, 0.25) is 0 Å². The fourth-order valence-corrected chi connectivity index (χ4v) is 4.89. The average molecular weight is 478 g/mol. The number of pyridine rings is 2. The van der Waals surface area contributed by atoms with Crippen LogP contribution in [0.15, 0.2) is 10.6 Å². The van der Waals surface area contributed by atoms with Crippen LogP contribution >= 0.6 is 0 Å². The number of amides is 1. The molecule has 0 atom stereocenters. The van der Waals surface area contributed by atoms with Crippen molar-refractivity contribution >= 4 is 51.7 Å². The fraction of sp³-hybridized carbons (Fsp3) is 0.391. The molecule has 1 saturated heterocycles. The molecule has 0 saturated carbocycles. The predicted molar refractivity (Wildman–Crippen MR) is 125 cm³/mol. The third-order valence-electron chi connectivity index (χ3n) is 6.49. The third-order valence-corrected chi connectivity index (χ3v) is 6.49. The van der Waals surface area contributed by atoms with Crippen molar-refractivity contribution in [3.63, 3.8) is 0 Å². The van der Waals surface area contributed by atoms with Crippen molar-refractivity contribution in [1.82, 2.24) is 10.1 Å². The lowest BCUT2D eigenvalue weighted by Crippen LogP contribution is -2.40. The molecule has 12 nitrogen and oxygen atoms in total. The van der Waals surface area contributed by atoms with Crippen molar-refractivity contribution in [1.29, 1.82) is 5.26 Å². The summed E-state index contributed by atoms with van der Waals surface area (Å²) in [5.41, 5.74) is 13.5. The SMILES string of the molecule is CCOC(=O)C1CCN(c2[nH+]c(N)c3c(N)nc4c(c3c2C#N)CC(=O)N4c2cc(C)on2)CC1. The van der Waals surface area contributed by atoms with Crippen molar-refractivity contribution in [3.8, 4) is 6.07 Å². The van der Waals surface area contributed by atoms with E-state index in [0.717, 1.165) is 0 Å². The van der Waals surface area contributed by atoms with Crippen LogP contribution in [0.3, 0.4) is 0 Å². The molecule has 5 rings (SSSR count). The number of rotatable bonds is 4. The van der Waals surface area contributed by atoms with Gasteiger partial charge in [0.25, 0.3) is 0 Å². The summed E-state index contributed by atoms with van der Waals surface area (Å²) in [5.74, 6) is 1.36. The van der Waals surface area contributed by atoms with Gasteiger partial charge < -0.3 is 20.7 Å². The summed E-state index contributed by atoms with van der Waals surface area (Å²) in [6.45, 7) is 4.92. The van der Waals surface area contributed by atoms with E-state index in [2.05, 4.69) is 21.2 Å². The molecule has 3 aromatic heterocycles. The number of aryl methyl sites for hydroxylation is 1. The van der Waals surface area contributed by atoms with Gasteiger partial charge in [0.1, 0.15) is 29.0 Å². The monoisotopic (exact) mass is 477 g/mol. The maximum Gasteiger partial charge on any atom is 0.309 e. The molecule has 0 spiro atoms. The normalized spacial score (nSPS) is 16.0. The first-order valence-corrected chi connectivity index (χ1v) is 11.4. The highest BCUT2D eigenvalue weighted by Crippen LogP contribution is 2.43. The largest absolute Gasteiger partial charge is 0.466 e. The Hall–Kier alpha value is -4.40. The zero-order valence-electron chi connectivity index (χ0n) is 19.4. The van der Waals surface area contributed by atoms with E-state index in [-0.39, 0.29) is 35.9 Å². The van der Waals surface area contributed by atoms with Gasteiger partial charge in [0, 0.05) is 17.0 Å². The first-order valence-electron chi connectivity index (χ1n) is 11.4. The number of carbonyl (C=O) groups excluding carboxylic acids is 2. The van der Waals surface area contributed by atoms with Gasteiger partial charge in [0.2, 0.25) is 17.5 Å². The Morgan fingerprint density at radius 3 is 2.71 bits per heavy atom. The summed E-state index contributed by atoms with van der Waals surface area (Å²) in [7, 11) is 0. The van der Waals surface area contributed by atoms with E-state index in [1.54, 1.807) is 19.9 Å². The van der Waals surface area contributed by atoms with Crippen LogP contribution in [-0.2, 0) is 20.7 Å². The molecule has 0 aromatic carbocycles. The second kappa shape index (κ2) is 8.43. The van der Waals surface area contributed by atoms with E-state index in [0.29, 0.717) is 77.7 Å². The van der Waals surface area contributed by atoms with Gasteiger partial charge in [-0.1, -0.05) is 5.16 Å². The van der Waals surface area contributed by atoms with Gasteiger partial charge in [0.15, 0.2) is 5.82 Å². The van der Waals surface area contributed by atoms with Crippen LogP contribution in [0.1, 0.15) is 36.7 Å². The van der Waals surface area contributed by atoms with Crippen LogP contribution in [0.25, 0.3) is 10.8 Å². The number of ether oxygens (including phenoxy) is 1. The molecule has 1 amide bonds. The van der Waals surface area contributed by atoms with E-state index < -0.39 is 0 Å². The molecular formula is C23H25N8O4+. The molecule has 0 aliphatic carbocycles. The molecule has 180 valence electrons. The Morgan fingerprint density at radius 1 is 1.34 bits per heavy atom. The van der Waals surface area contributed by atoms with Gasteiger partial charge in [-0.2, -0.15) is 5.26 Å². The van der Waals surface area contributed by atoms with E-state index in [4.69, 9.17) is 20.7 Å². The minimum Gasteiger partial charge on any atom is -0.466 e. The van der Waals surface area contributed by atoms with Crippen molar-refractivity contribution in [2.75, 3.05) is 41.0 Å². The maximum absolute atomic E-state index is 13.0. The van der Waals surface area contributed by atoms with Crippen LogP contribution < -0.4 is 26.3 Å². The Balaban J connectivity index is 1.62. The van der Waals surface area contributed by atoms with Gasteiger partial charge in [-0.25, -0.2) is 14.9 Å². The third kappa shape index (κ3) is 3.56. The number of anilines is 5. The van der Waals surface area contributed by atoms with E-state index in [9.17, 15) is 14.9 Å². The number of nitrogen functional groups attached to an aromatic ring is 2. The highest BCUT2D eigenvalue weighted by atomic mass is 16.5. The van der Waals surface area contributed by atoms with Gasteiger partial charge in [0.05, 0.1) is 37.4 Å². The lowest BCUT2D eigenvalue weighted by Gasteiger charge is -2.29. The van der Waals surface area contributed by atoms with Crippen molar-refractivity contribution in [3.05, 3.63) is 23.0 Å². The minimum atomic E-state index is -0.264. The molecule has 5 heterocycles. The van der Waals surface area contributed by atoms with Crippen LogP contribution in [0.5, 0.6) is 0 Å². The van der Waals surface area contributed by atoms with E-state index in [1.165, 1.54) is 4.90 Å². The number of aromatic amines is 1. The molecule has 2 aliphatic heterocycles. The van der Waals surface area contributed by atoms with Gasteiger partial charge in [-0.05, 0) is 26.7 Å². The molecule has 2 aliphatic rings. The summed E-state index contributed by atoms with van der Waals surface area (Å²) >= 11 is 0. The molecule has 12 heteroatoms. The number of H-pyrrole nitrogens is 1. The van der Waals surface area contributed by atoms with Crippen LogP contribution in [0.4, 0.5) is 29.1 Å². The lowest BCUT2D eigenvalue weighted by molar-refractivity contribution is -0.345. The Kier molecular flexibility index (Phi) is 5.39. The number of nitriles is 1. The number of esters is 1. The smallest absolute Gasteiger partial charge is 0.309 e. The fourth-order valence-electron chi connectivity index (χ4n) is 4.89. The number of nitrogens with two attached hydrogens (primary N) is 2. The second-order valence-electron chi connectivity index (χ2n) is 8.64. The summed E-state index contributed by atoms with van der Waals surface area (Å²) in [4.78, 5) is 36.1. The quantitative estimate of drug-likeness (QED) is 0.521.